The van der Waals surface area contributed by atoms with Gasteiger partial charge in [0.25, 0.3) is 10.0 Å². The number of rotatable bonds is 14. The van der Waals surface area contributed by atoms with Gasteiger partial charge in [-0.25, -0.2) is 12.8 Å². The first kappa shape index (κ1) is 32.6. The van der Waals surface area contributed by atoms with E-state index in [-0.39, 0.29) is 35.4 Å². The maximum absolute atomic E-state index is 14.2. The number of hydrogen-bond donors (Lipinski definition) is 1. The summed E-state index contributed by atoms with van der Waals surface area (Å²) in [6, 6.07) is 15.2. The van der Waals surface area contributed by atoms with Gasteiger partial charge in [-0.3, -0.25) is 13.9 Å². The van der Waals surface area contributed by atoms with Crippen LogP contribution in [0.25, 0.3) is 0 Å². The molecule has 0 bridgehead atoms. The number of anilines is 1. The molecule has 3 aromatic rings. The topological polar surface area (TPSA) is 114 Å². The minimum atomic E-state index is -4.37. The number of nitrogens with zero attached hydrogens (tertiary/aromatic N) is 2. The number of ether oxygens (including phenoxy) is 3. The zero-order chi connectivity index (χ0) is 31.7. The number of unbranched alkanes of at least 4 members (excludes halogenated alkanes) is 1. The third kappa shape index (κ3) is 7.79. The zero-order valence-corrected chi connectivity index (χ0v) is 25.9. The Balaban J connectivity index is 1.72. The molecule has 0 saturated heterocycles. The average molecular weight is 628 g/mol. The molecular formula is C32H38FN3O7S. The molecule has 12 heteroatoms. The number of methoxy groups -OCH3 is 1. The summed E-state index contributed by atoms with van der Waals surface area (Å²) in [5.74, 6) is -0.199. The number of carbonyl (C=O) groups excluding carboxylic acids is 2. The minimum Gasteiger partial charge on any atom is -0.497 e. The number of carbonyl (C=O) groups is 2. The van der Waals surface area contributed by atoms with Crippen LogP contribution in [0.2, 0.25) is 0 Å². The molecule has 1 aliphatic heterocycles. The highest BCUT2D eigenvalue weighted by Crippen LogP contribution is 2.34. The number of hydrogen-bond acceptors (Lipinski definition) is 7. The Labute approximate surface area is 257 Å². The second-order valence-electron chi connectivity index (χ2n) is 10.2. The minimum absolute atomic E-state index is 0.0455. The maximum atomic E-state index is 14.2. The van der Waals surface area contributed by atoms with Crippen LogP contribution in [0, 0.1) is 5.82 Å². The van der Waals surface area contributed by atoms with E-state index in [1.165, 1.54) is 35.2 Å². The summed E-state index contributed by atoms with van der Waals surface area (Å²) in [4.78, 5) is 28.7. The van der Waals surface area contributed by atoms with Crippen LogP contribution < -0.4 is 23.8 Å². The van der Waals surface area contributed by atoms with Gasteiger partial charge in [0.05, 0.1) is 17.7 Å². The van der Waals surface area contributed by atoms with E-state index < -0.39 is 34.3 Å². The molecule has 236 valence electrons. The quantitative estimate of drug-likeness (QED) is 0.262. The molecule has 3 aromatic carbocycles. The van der Waals surface area contributed by atoms with E-state index in [0.717, 1.165) is 34.8 Å². The van der Waals surface area contributed by atoms with Gasteiger partial charge >= 0.3 is 0 Å². The Kier molecular flexibility index (Phi) is 11.0. The molecule has 2 amide bonds. The average Bonchev–Trinajstić information content (AvgIpc) is 3.04. The Morgan fingerprint density at radius 2 is 1.66 bits per heavy atom. The summed E-state index contributed by atoms with van der Waals surface area (Å²) in [7, 11) is -2.82. The first-order valence-corrected chi connectivity index (χ1v) is 16.0. The molecule has 0 unspecified atom stereocenters. The molecule has 0 aliphatic carbocycles. The standard InChI is InChI=1S/C32H38FN3O7S/c1-4-6-17-34-32(38)28(5-2)35(21-23-7-13-26(41-3)14-8-23)31(37)22-36(25-11-9-24(33)10-12-25)44(39,40)27-15-16-29-30(20-27)43-19-18-42-29/h7-16,20,28H,4-6,17-19,21-22H2,1-3H3,(H,34,38)/t28-/m1/s1. The molecule has 10 nitrogen and oxygen atoms in total. The van der Waals surface area contributed by atoms with Crippen LogP contribution >= 0.6 is 0 Å². The molecule has 4 rings (SSSR count). The highest BCUT2D eigenvalue weighted by atomic mass is 32.2. The molecule has 0 fully saturated rings. The molecule has 1 atom stereocenters. The molecule has 44 heavy (non-hydrogen) atoms. The van der Waals surface area contributed by atoms with Crippen molar-refractivity contribution < 1.29 is 36.6 Å². The van der Waals surface area contributed by atoms with E-state index in [0.29, 0.717) is 31.1 Å². The van der Waals surface area contributed by atoms with Crippen LogP contribution in [0.1, 0.15) is 38.7 Å². The van der Waals surface area contributed by atoms with Gasteiger partial charge in [0.15, 0.2) is 11.5 Å². The lowest BCUT2D eigenvalue weighted by molar-refractivity contribution is -0.140. The van der Waals surface area contributed by atoms with E-state index in [2.05, 4.69) is 5.32 Å². The summed E-state index contributed by atoms with van der Waals surface area (Å²) < 4.78 is 59.4. The predicted molar refractivity (Wildman–Crippen MR) is 164 cm³/mol. The van der Waals surface area contributed by atoms with E-state index >= 15 is 0 Å². The van der Waals surface area contributed by atoms with Crippen molar-refractivity contribution in [2.75, 3.05) is 37.7 Å². The number of fused-ring (bicyclic) bond motifs is 1. The van der Waals surface area contributed by atoms with Gasteiger partial charge < -0.3 is 24.4 Å². The fraction of sp³-hybridized carbons (Fsp3) is 0.375. The lowest BCUT2D eigenvalue weighted by Crippen LogP contribution is -2.52. The van der Waals surface area contributed by atoms with Crippen LogP contribution in [0.4, 0.5) is 10.1 Å². The van der Waals surface area contributed by atoms with Gasteiger partial charge in [0.1, 0.15) is 37.4 Å². The van der Waals surface area contributed by atoms with Crippen molar-refractivity contribution >= 4 is 27.5 Å². The van der Waals surface area contributed by atoms with Crippen molar-refractivity contribution in [3.8, 4) is 17.2 Å². The van der Waals surface area contributed by atoms with Gasteiger partial charge in [-0.2, -0.15) is 0 Å². The predicted octanol–water partition coefficient (Wildman–Crippen LogP) is 4.52. The smallest absolute Gasteiger partial charge is 0.264 e. The van der Waals surface area contributed by atoms with Gasteiger partial charge in [-0.05, 0) is 66.9 Å². The van der Waals surface area contributed by atoms with E-state index in [4.69, 9.17) is 14.2 Å². The third-order valence-corrected chi connectivity index (χ3v) is 8.99. The first-order chi connectivity index (χ1) is 21.2. The molecular weight excluding hydrogens is 589 g/mol. The number of sulfonamides is 1. The number of amides is 2. The Bertz CT molecular complexity index is 1530. The van der Waals surface area contributed by atoms with E-state index in [1.54, 1.807) is 38.3 Å². The number of benzene rings is 3. The fourth-order valence-corrected chi connectivity index (χ4v) is 6.23. The van der Waals surface area contributed by atoms with E-state index in [9.17, 15) is 22.4 Å². The van der Waals surface area contributed by atoms with Gasteiger partial charge in [0.2, 0.25) is 11.8 Å². The molecule has 0 saturated carbocycles. The summed E-state index contributed by atoms with van der Waals surface area (Å²) in [6.07, 6.45) is 1.96. The summed E-state index contributed by atoms with van der Waals surface area (Å²) >= 11 is 0. The highest BCUT2D eigenvalue weighted by Gasteiger charge is 2.34. The Hall–Kier alpha value is -4.32. The lowest BCUT2D eigenvalue weighted by Gasteiger charge is -2.33. The molecule has 1 N–H and O–H groups in total. The molecule has 0 aromatic heterocycles. The normalized spacial score (nSPS) is 13.1. The maximum Gasteiger partial charge on any atom is 0.264 e. The molecule has 1 aliphatic rings. The highest BCUT2D eigenvalue weighted by molar-refractivity contribution is 7.92. The third-order valence-electron chi connectivity index (χ3n) is 7.22. The first-order valence-electron chi connectivity index (χ1n) is 14.6. The Morgan fingerprint density at radius 3 is 2.30 bits per heavy atom. The SMILES string of the molecule is CCCCNC(=O)[C@@H](CC)N(Cc1ccc(OC)cc1)C(=O)CN(c1ccc(F)cc1)S(=O)(=O)c1ccc2c(c1)OCCO2. The largest absolute Gasteiger partial charge is 0.497 e. The van der Waals surface area contributed by atoms with Gasteiger partial charge in [-0.1, -0.05) is 32.4 Å². The van der Waals surface area contributed by atoms with Crippen molar-refractivity contribution in [3.05, 3.63) is 78.1 Å². The Morgan fingerprint density at radius 1 is 0.977 bits per heavy atom. The van der Waals surface area contributed by atoms with E-state index in [1.807, 2.05) is 6.92 Å². The van der Waals surface area contributed by atoms with Crippen LogP contribution in [0.3, 0.4) is 0 Å². The second kappa shape index (κ2) is 14.9. The van der Waals surface area contributed by atoms with Crippen molar-refractivity contribution in [1.29, 1.82) is 0 Å². The van der Waals surface area contributed by atoms with Crippen LogP contribution in [-0.4, -0.2) is 64.6 Å². The van der Waals surface area contributed by atoms with Crippen molar-refractivity contribution in [2.24, 2.45) is 0 Å². The number of halogens is 1. The summed E-state index contributed by atoms with van der Waals surface area (Å²) in [6.45, 7) is 4.26. The van der Waals surface area contributed by atoms with Crippen molar-refractivity contribution in [1.82, 2.24) is 10.2 Å². The van der Waals surface area contributed by atoms with Crippen molar-refractivity contribution in [2.45, 2.75) is 50.6 Å². The van der Waals surface area contributed by atoms with Gasteiger partial charge in [0, 0.05) is 19.2 Å². The lowest BCUT2D eigenvalue weighted by atomic mass is 10.1. The number of nitrogens with one attached hydrogen (secondary N) is 1. The fourth-order valence-electron chi connectivity index (χ4n) is 4.80. The zero-order valence-electron chi connectivity index (χ0n) is 25.1. The summed E-state index contributed by atoms with van der Waals surface area (Å²) in [5.41, 5.74) is 0.807. The monoisotopic (exact) mass is 627 g/mol. The summed E-state index contributed by atoms with van der Waals surface area (Å²) in [5, 5.41) is 2.90. The molecule has 1 heterocycles. The van der Waals surface area contributed by atoms with Crippen LogP contribution in [0.5, 0.6) is 17.2 Å². The van der Waals surface area contributed by atoms with Crippen LogP contribution in [0.15, 0.2) is 71.6 Å². The molecule has 0 radical (unpaired) electrons. The molecule has 0 spiro atoms. The second-order valence-corrected chi connectivity index (χ2v) is 12.1. The van der Waals surface area contributed by atoms with Crippen LogP contribution in [-0.2, 0) is 26.2 Å². The van der Waals surface area contributed by atoms with Gasteiger partial charge in [-0.15, -0.1) is 0 Å². The van der Waals surface area contributed by atoms with Crippen molar-refractivity contribution in [3.63, 3.8) is 0 Å².